The Hall–Kier alpha value is -2.15. The highest BCUT2D eigenvalue weighted by atomic mass is 79.9. The summed E-state index contributed by atoms with van der Waals surface area (Å²) >= 11 is 11.2. The first-order chi connectivity index (χ1) is 15.5. The van der Waals surface area contributed by atoms with Gasteiger partial charge in [0.25, 0.3) is 5.91 Å². The van der Waals surface area contributed by atoms with Gasteiger partial charge in [-0.05, 0) is 71.8 Å². The summed E-state index contributed by atoms with van der Waals surface area (Å²) in [6.07, 6.45) is 1.61. The highest BCUT2D eigenvalue weighted by molar-refractivity contribution is 9.10. The fourth-order valence-electron chi connectivity index (χ4n) is 4.14. The van der Waals surface area contributed by atoms with Crippen molar-refractivity contribution in [1.29, 1.82) is 0 Å². The molecule has 1 aliphatic rings. The highest BCUT2D eigenvalue weighted by Crippen LogP contribution is 2.38. The summed E-state index contributed by atoms with van der Waals surface area (Å²) in [6.45, 7) is 3.24. The second-order valence-electron chi connectivity index (χ2n) is 7.82. The van der Waals surface area contributed by atoms with Gasteiger partial charge in [0.05, 0.1) is 6.04 Å². The van der Waals surface area contributed by atoms with Crippen molar-refractivity contribution in [3.05, 3.63) is 91.0 Å². The van der Waals surface area contributed by atoms with Crippen molar-refractivity contribution in [3.8, 4) is 0 Å². The van der Waals surface area contributed by atoms with E-state index in [0.29, 0.717) is 23.7 Å². The Balaban J connectivity index is 1.60. The molecule has 0 fully saturated rings. The number of hydrogen-bond donors (Lipinski definition) is 0. The molecule has 0 radical (unpaired) electrons. The minimum Gasteiger partial charge on any atom is -0.330 e. The standard InChI is InChI=1S/C25H24BrClN2O2S/c1-2-13-28(25(31)18-3-7-19(26)8-4-18)16-23(30)29-14-11-22-21(12-15-32-22)24(29)17-5-9-20(27)10-6-17/h3-10,12,15,24H,2,11,13-14,16H2,1H3. The predicted octanol–water partition coefficient (Wildman–Crippen LogP) is 6.19. The van der Waals surface area contributed by atoms with E-state index in [1.807, 2.05) is 48.2 Å². The van der Waals surface area contributed by atoms with E-state index in [2.05, 4.69) is 27.4 Å². The zero-order chi connectivity index (χ0) is 22.7. The number of nitrogens with zero attached hydrogens (tertiary/aromatic N) is 2. The van der Waals surface area contributed by atoms with Gasteiger partial charge in [-0.2, -0.15) is 0 Å². The monoisotopic (exact) mass is 530 g/mol. The van der Waals surface area contributed by atoms with E-state index in [-0.39, 0.29) is 24.4 Å². The molecule has 2 heterocycles. The zero-order valence-corrected chi connectivity index (χ0v) is 20.9. The Morgan fingerprint density at radius 1 is 1.12 bits per heavy atom. The summed E-state index contributed by atoms with van der Waals surface area (Å²) in [6, 6.07) is 16.9. The molecule has 1 aromatic heterocycles. The molecule has 1 unspecified atom stereocenters. The first-order valence-electron chi connectivity index (χ1n) is 10.6. The van der Waals surface area contributed by atoms with Gasteiger partial charge in [0.2, 0.25) is 5.91 Å². The molecule has 0 N–H and O–H groups in total. The van der Waals surface area contributed by atoms with Gasteiger partial charge in [-0.3, -0.25) is 9.59 Å². The van der Waals surface area contributed by atoms with E-state index in [0.717, 1.165) is 22.9 Å². The lowest BCUT2D eigenvalue weighted by Crippen LogP contribution is -2.47. The first kappa shape index (κ1) is 23.0. The van der Waals surface area contributed by atoms with Crippen molar-refractivity contribution in [2.45, 2.75) is 25.8 Å². The number of hydrogen-bond acceptors (Lipinski definition) is 3. The Morgan fingerprint density at radius 2 is 1.84 bits per heavy atom. The molecule has 0 bridgehead atoms. The summed E-state index contributed by atoms with van der Waals surface area (Å²) in [4.78, 5) is 31.6. The van der Waals surface area contributed by atoms with E-state index in [1.165, 1.54) is 10.4 Å². The maximum absolute atomic E-state index is 13.6. The van der Waals surface area contributed by atoms with Crippen molar-refractivity contribution < 1.29 is 9.59 Å². The minimum atomic E-state index is -0.166. The molecule has 0 saturated heterocycles. The third-order valence-electron chi connectivity index (χ3n) is 5.67. The average molecular weight is 532 g/mol. The van der Waals surface area contributed by atoms with E-state index in [4.69, 9.17) is 11.6 Å². The molecule has 32 heavy (non-hydrogen) atoms. The van der Waals surface area contributed by atoms with E-state index >= 15 is 0 Å². The Bertz CT molecular complexity index is 1100. The molecule has 1 atom stereocenters. The third-order valence-corrected chi connectivity index (χ3v) is 7.45. The van der Waals surface area contributed by atoms with Gasteiger partial charge in [-0.1, -0.05) is 46.6 Å². The van der Waals surface area contributed by atoms with Crippen LogP contribution in [-0.4, -0.2) is 41.2 Å². The Labute approximate surface area is 205 Å². The number of carbonyl (C=O) groups is 2. The van der Waals surface area contributed by atoms with Gasteiger partial charge in [-0.25, -0.2) is 0 Å². The second kappa shape index (κ2) is 10.2. The van der Waals surface area contributed by atoms with Crippen LogP contribution in [0.4, 0.5) is 0 Å². The number of halogens is 2. The van der Waals surface area contributed by atoms with E-state index < -0.39 is 0 Å². The molecule has 3 aromatic rings. The van der Waals surface area contributed by atoms with Gasteiger partial charge in [-0.15, -0.1) is 11.3 Å². The molecule has 4 nitrogen and oxygen atoms in total. The average Bonchev–Trinajstić information content (AvgIpc) is 3.28. The third kappa shape index (κ3) is 4.92. The van der Waals surface area contributed by atoms with Crippen molar-refractivity contribution >= 4 is 50.7 Å². The van der Waals surface area contributed by atoms with E-state index in [1.54, 1.807) is 28.4 Å². The van der Waals surface area contributed by atoms with Gasteiger partial charge in [0.1, 0.15) is 6.54 Å². The summed E-state index contributed by atoms with van der Waals surface area (Å²) in [5.41, 5.74) is 2.78. The number of amides is 2. The second-order valence-corrected chi connectivity index (χ2v) is 10.2. The van der Waals surface area contributed by atoms with Gasteiger partial charge >= 0.3 is 0 Å². The molecule has 0 aliphatic carbocycles. The molecule has 0 spiro atoms. The van der Waals surface area contributed by atoms with Crippen molar-refractivity contribution in [3.63, 3.8) is 0 Å². The summed E-state index contributed by atoms with van der Waals surface area (Å²) < 4.78 is 0.915. The van der Waals surface area contributed by atoms with Gasteiger partial charge < -0.3 is 9.80 Å². The lowest BCUT2D eigenvalue weighted by molar-refractivity contribution is -0.134. The van der Waals surface area contributed by atoms with Crippen LogP contribution in [0, 0.1) is 0 Å². The van der Waals surface area contributed by atoms with Crippen LogP contribution >= 0.6 is 38.9 Å². The van der Waals surface area contributed by atoms with Crippen LogP contribution in [0.25, 0.3) is 0 Å². The maximum atomic E-state index is 13.6. The SMILES string of the molecule is CCCN(CC(=O)N1CCc2sccc2C1c1ccc(Cl)cc1)C(=O)c1ccc(Br)cc1. The normalized spacial score (nSPS) is 15.3. The summed E-state index contributed by atoms with van der Waals surface area (Å²) in [7, 11) is 0. The first-order valence-corrected chi connectivity index (χ1v) is 12.7. The Kier molecular flexibility index (Phi) is 7.33. The predicted molar refractivity (Wildman–Crippen MR) is 133 cm³/mol. The lowest BCUT2D eigenvalue weighted by Gasteiger charge is -2.37. The van der Waals surface area contributed by atoms with Crippen molar-refractivity contribution in [2.24, 2.45) is 0 Å². The largest absolute Gasteiger partial charge is 0.330 e. The van der Waals surface area contributed by atoms with Crippen LogP contribution in [0.15, 0.2) is 64.5 Å². The molecule has 2 aromatic carbocycles. The van der Waals surface area contributed by atoms with Crippen LogP contribution < -0.4 is 0 Å². The lowest BCUT2D eigenvalue weighted by atomic mass is 9.93. The number of benzene rings is 2. The highest BCUT2D eigenvalue weighted by Gasteiger charge is 2.34. The number of thiophene rings is 1. The van der Waals surface area contributed by atoms with Crippen LogP contribution in [0.1, 0.15) is 45.7 Å². The smallest absolute Gasteiger partial charge is 0.254 e. The van der Waals surface area contributed by atoms with Gasteiger partial charge in [0.15, 0.2) is 0 Å². The van der Waals surface area contributed by atoms with Gasteiger partial charge in [0, 0.05) is 33.0 Å². The molecule has 7 heteroatoms. The molecule has 0 saturated carbocycles. The summed E-state index contributed by atoms with van der Waals surface area (Å²) in [5.74, 6) is -0.162. The number of carbonyl (C=O) groups excluding carboxylic acids is 2. The van der Waals surface area contributed by atoms with Crippen LogP contribution in [0.2, 0.25) is 5.02 Å². The quantitative estimate of drug-likeness (QED) is 0.380. The Morgan fingerprint density at radius 3 is 2.53 bits per heavy atom. The minimum absolute atomic E-state index is 0.0410. The van der Waals surface area contributed by atoms with E-state index in [9.17, 15) is 9.59 Å². The molecular weight excluding hydrogens is 508 g/mol. The van der Waals surface area contributed by atoms with Crippen LogP contribution in [-0.2, 0) is 11.2 Å². The summed E-state index contributed by atoms with van der Waals surface area (Å²) in [5, 5.41) is 2.75. The van der Waals surface area contributed by atoms with Crippen molar-refractivity contribution in [2.75, 3.05) is 19.6 Å². The molecule has 4 rings (SSSR count). The molecule has 2 amide bonds. The number of rotatable bonds is 6. The fraction of sp³-hybridized carbons (Fsp3) is 0.280. The zero-order valence-electron chi connectivity index (χ0n) is 17.8. The maximum Gasteiger partial charge on any atom is 0.254 e. The molecule has 1 aliphatic heterocycles. The number of fused-ring (bicyclic) bond motifs is 1. The van der Waals surface area contributed by atoms with Crippen LogP contribution in [0.5, 0.6) is 0 Å². The molecular formula is C25H24BrClN2O2S. The topological polar surface area (TPSA) is 40.6 Å². The van der Waals surface area contributed by atoms with Crippen LogP contribution in [0.3, 0.4) is 0 Å². The van der Waals surface area contributed by atoms with Crippen molar-refractivity contribution in [1.82, 2.24) is 9.80 Å². The molecule has 166 valence electrons. The fourth-order valence-corrected chi connectivity index (χ4v) is 5.44.